The fourth-order valence-corrected chi connectivity index (χ4v) is 4.41. The number of ether oxygens (including phenoxy) is 1. The summed E-state index contributed by atoms with van der Waals surface area (Å²) in [6, 6.07) is 18.4. The number of nitrogens with one attached hydrogen (secondary N) is 1. The summed E-state index contributed by atoms with van der Waals surface area (Å²) in [6.07, 6.45) is 3.85. The van der Waals surface area contributed by atoms with Crippen LogP contribution in [-0.4, -0.2) is 53.9 Å². The van der Waals surface area contributed by atoms with Crippen LogP contribution in [0.4, 0.5) is 0 Å². The number of hydrogen-bond donors (Lipinski definition) is 1. The van der Waals surface area contributed by atoms with Crippen LogP contribution in [0.15, 0.2) is 59.6 Å². The van der Waals surface area contributed by atoms with Gasteiger partial charge in [0.1, 0.15) is 11.9 Å². The molecule has 0 radical (unpaired) electrons. The number of nitrogens with zero attached hydrogens (tertiary/aromatic N) is 3. The van der Waals surface area contributed by atoms with Gasteiger partial charge in [-0.3, -0.25) is 4.79 Å². The number of aliphatic imine (C=N–C) groups is 1. The first kappa shape index (κ1) is 22.2. The zero-order chi connectivity index (χ0) is 22.2. The molecule has 2 aromatic rings. The number of amides is 1. The number of carbonyl (C=O) groups is 1. The standard InChI is InChI=1S/C26H34N4O2/c1-2-27-26(29-17-14-24(15-18-29)32-23-11-4-3-5-12-23)28-19-21-9-6-7-10-22(21)20-30-16-8-13-25(30)31/h3-7,9-12,24H,2,8,13-20H2,1H3,(H,27,28). The second-order valence-electron chi connectivity index (χ2n) is 8.48. The van der Waals surface area contributed by atoms with E-state index in [4.69, 9.17) is 9.73 Å². The quantitative estimate of drug-likeness (QED) is 0.532. The van der Waals surface area contributed by atoms with E-state index in [1.54, 1.807) is 0 Å². The van der Waals surface area contributed by atoms with Crippen molar-refractivity contribution in [3.8, 4) is 5.75 Å². The van der Waals surface area contributed by atoms with Gasteiger partial charge in [0, 0.05) is 52.0 Å². The van der Waals surface area contributed by atoms with E-state index in [2.05, 4.69) is 35.3 Å². The monoisotopic (exact) mass is 434 g/mol. The Morgan fingerprint density at radius 3 is 2.44 bits per heavy atom. The third-order valence-electron chi connectivity index (χ3n) is 6.17. The number of likely N-dealkylation sites (tertiary alicyclic amines) is 2. The summed E-state index contributed by atoms with van der Waals surface area (Å²) in [4.78, 5) is 21.3. The number of benzene rings is 2. The van der Waals surface area contributed by atoms with Crippen molar-refractivity contribution in [1.82, 2.24) is 15.1 Å². The number of carbonyl (C=O) groups excluding carboxylic acids is 1. The molecule has 2 fully saturated rings. The Balaban J connectivity index is 1.37. The minimum absolute atomic E-state index is 0.246. The molecule has 2 aromatic carbocycles. The summed E-state index contributed by atoms with van der Waals surface area (Å²) in [5.41, 5.74) is 2.38. The lowest BCUT2D eigenvalue weighted by molar-refractivity contribution is -0.128. The molecular weight excluding hydrogens is 400 g/mol. The smallest absolute Gasteiger partial charge is 0.222 e. The third kappa shape index (κ3) is 5.81. The fourth-order valence-electron chi connectivity index (χ4n) is 4.41. The number of rotatable bonds is 7. The summed E-state index contributed by atoms with van der Waals surface area (Å²) in [7, 11) is 0. The van der Waals surface area contributed by atoms with Crippen molar-refractivity contribution in [3.05, 3.63) is 65.7 Å². The van der Waals surface area contributed by atoms with Gasteiger partial charge >= 0.3 is 0 Å². The van der Waals surface area contributed by atoms with Gasteiger partial charge in [-0.15, -0.1) is 0 Å². The topological polar surface area (TPSA) is 57.2 Å². The van der Waals surface area contributed by atoms with Crippen molar-refractivity contribution < 1.29 is 9.53 Å². The van der Waals surface area contributed by atoms with E-state index in [1.165, 1.54) is 11.1 Å². The van der Waals surface area contributed by atoms with Crippen LogP contribution >= 0.6 is 0 Å². The Labute approximate surface area is 191 Å². The van der Waals surface area contributed by atoms with Crippen molar-refractivity contribution in [3.63, 3.8) is 0 Å². The molecule has 0 bridgehead atoms. The van der Waals surface area contributed by atoms with Gasteiger partial charge in [0.2, 0.25) is 5.91 Å². The SMILES string of the molecule is CCNC(=NCc1ccccc1CN1CCCC1=O)N1CCC(Oc2ccccc2)CC1. The predicted molar refractivity (Wildman–Crippen MR) is 128 cm³/mol. The van der Waals surface area contributed by atoms with Gasteiger partial charge < -0.3 is 19.9 Å². The Kier molecular flexibility index (Phi) is 7.64. The highest BCUT2D eigenvalue weighted by atomic mass is 16.5. The predicted octanol–water partition coefficient (Wildman–Crippen LogP) is 3.82. The van der Waals surface area contributed by atoms with Gasteiger partial charge in [-0.05, 0) is 36.6 Å². The molecule has 0 aliphatic carbocycles. The summed E-state index contributed by atoms with van der Waals surface area (Å²) in [5.74, 6) is 2.16. The molecule has 1 amide bonds. The maximum Gasteiger partial charge on any atom is 0.222 e. The molecular formula is C26H34N4O2. The Hall–Kier alpha value is -3.02. The van der Waals surface area contributed by atoms with E-state index in [-0.39, 0.29) is 12.0 Å². The lowest BCUT2D eigenvalue weighted by Gasteiger charge is -2.34. The molecule has 1 N–H and O–H groups in total. The second kappa shape index (κ2) is 11.0. The van der Waals surface area contributed by atoms with E-state index >= 15 is 0 Å². The lowest BCUT2D eigenvalue weighted by Crippen LogP contribution is -2.47. The van der Waals surface area contributed by atoms with Gasteiger partial charge in [0.05, 0.1) is 6.54 Å². The molecule has 2 saturated heterocycles. The van der Waals surface area contributed by atoms with E-state index in [0.717, 1.165) is 57.2 Å². The maximum atomic E-state index is 12.1. The Bertz CT molecular complexity index is 907. The highest BCUT2D eigenvalue weighted by Gasteiger charge is 2.23. The molecule has 2 aliphatic rings. The number of hydrogen-bond acceptors (Lipinski definition) is 3. The number of piperidine rings is 1. The molecule has 0 unspecified atom stereocenters. The molecule has 0 atom stereocenters. The first-order valence-corrected chi connectivity index (χ1v) is 11.8. The van der Waals surface area contributed by atoms with Gasteiger partial charge in [0.25, 0.3) is 0 Å². The van der Waals surface area contributed by atoms with Crippen molar-refractivity contribution in [2.45, 2.75) is 51.8 Å². The zero-order valence-corrected chi connectivity index (χ0v) is 19.0. The van der Waals surface area contributed by atoms with Crippen molar-refractivity contribution in [2.24, 2.45) is 4.99 Å². The maximum absolute atomic E-state index is 12.1. The van der Waals surface area contributed by atoms with E-state index in [0.29, 0.717) is 19.5 Å². The van der Waals surface area contributed by atoms with E-state index in [1.807, 2.05) is 41.3 Å². The summed E-state index contributed by atoms with van der Waals surface area (Å²) >= 11 is 0. The third-order valence-corrected chi connectivity index (χ3v) is 6.17. The number of guanidine groups is 1. The van der Waals surface area contributed by atoms with Crippen LogP contribution in [0, 0.1) is 0 Å². The fraction of sp³-hybridized carbons (Fsp3) is 0.462. The van der Waals surface area contributed by atoms with Crippen molar-refractivity contribution in [2.75, 3.05) is 26.2 Å². The summed E-state index contributed by atoms with van der Waals surface area (Å²) in [6.45, 7) is 6.95. The largest absolute Gasteiger partial charge is 0.490 e. The minimum Gasteiger partial charge on any atom is -0.490 e. The molecule has 0 saturated carbocycles. The lowest BCUT2D eigenvalue weighted by atomic mass is 10.1. The first-order chi connectivity index (χ1) is 15.7. The number of para-hydroxylation sites is 1. The molecule has 6 nitrogen and oxygen atoms in total. The zero-order valence-electron chi connectivity index (χ0n) is 19.0. The molecule has 170 valence electrons. The van der Waals surface area contributed by atoms with Crippen LogP contribution in [0.2, 0.25) is 0 Å². The molecule has 2 aliphatic heterocycles. The summed E-state index contributed by atoms with van der Waals surface area (Å²) < 4.78 is 6.14. The Morgan fingerprint density at radius 1 is 1.03 bits per heavy atom. The molecule has 2 heterocycles. The van der Waals surface area contributed by atoms with Crippen LogP contribution in [0.1, 0.15) is 43.7 Å². The van der Waals surface area contributed by atoms with Crippen LogP contribution in [0.5, 0.6) is 5.75 Å². The highest BCUT2D eigenvalue weighted by molar-refractivity contribution is 5.80. The van der Waals surface area contributed by atoms with Gasteiger partial charge in [-0.2, -0.15) is 0 Å². The van der Waals surface area contributed by atoms with Gasteiger partial charge in [0.15, 0.2) is 5.96 Å². The molecule has 4 rings (SSSR count). The van der Waals surface area contributed by atoms with Gasteiger partial charge in [-0.1, -0.05) is 42.5 Å². The van der Waals surface area contributed by atoms with Crippen LogP contribution in [0.3, 0.4) is 0 Å². The molecule has 32 heavy (non-hydrogen) atoms. The highest BCUT2D eigenvalue weighted by Crippen LogP contribution is 2.20. The Morgan fingerprint density at radius 2 is 1.75 bits per heavy atom. The average molecular weight is 435 g/mol. The normalized spacial score (nSPS) is 17.7. The van der Waals surface area contributed by atoms with E-state index in [9.17, 15) is 4.79 Å². The van der Waals surface area contributed by atoms with Crippen LogP contribution in [0.25, 0.3) is 0 Å². The molecule has 6 heteroatoms. The van der Waals surface area contributed by atoms with Crippen LogP contribution in [-0.2, 0) is 17.9 Å². The van der Waals surface area contributed by atoms with Crippen molar-refractivity contribution in [1.29, 1.82) is 0 Å². The average Bonchev–Trinajstić information content (AvgIpc) is 3.23. The van der Waals surface area contributed by atoms with E-state index < -0.39 is 0 Å². The summed E-state index contributed by atoms with van der Waals surface area (Å²) in [5, 5.41) is 3.46. The minimum atomic E-state index is 0.246. The van der Waals surface area contributed by atoms with Crippen molar-refractivity contribution >= 4 is 11.9 Å². The van der Waals surface area contributed by atoms with Gasteiger partial charge in [-0.25, -0.2) is 4.99 Å². The molecule has 0 spiro atoms. The molecule has 0 aromatic heterocycles. The van der Waals surface area contributed by atoms with Crippen LogP contribution < -0.4 is 10.1 Å². The first-order valence-electron chi connectivity index (χ1n) is 11.8. The second-order valence-corrected chi connectivity index (χ2v) is 8.48.